The Hall–Kier alpha value is -1.58. The molecule has 1 aromatic heterocycles. The summed E-state index contributed by atoms with van der Waals surface area (Å²) in [7, 11) is 0. The van der Waals surface area contributed by atoms with Crippen LogP contribution in [0.15, 0.2) is 18.3 Å². The van der Waals surface area contributed by atoms with Gasteiger partial charge in [-0.25, -0.2) is 4.98 Å². The Kier molecular flexibility index (Phi) is 4.76. The molecule has 4 heteroatoms. The second-order valence-electron chi connectivity index (χ2n) is 3.76. The van der Waals surface area contributed by atoms with Crippen molar-refractivity contribution in [3.63, 3.8) is 0 Å². The Labute approximate surface area is 96.5 Å². The summed E-state index contributed by atoms with van der Waals surface area (Å²) in [4.78, 5) is 17.9. The normalized spacial score (nSPS) is 10.1. The monoisotopic (exact) mass is 221 g/mol. The van der Waals surface area contributed by atoms with E-state index in [4.69, 9.17) is 5.73 Å². The van der Waals surface area contributed by atoms with Crippen LogP contribution in [0.2, 0.25) is 0 Å². The number of pyridine rings is 1. The van der Waals surface area contributed by atoms with Gasteiger partial charge >= 0.3 is 0 Å². The minimum atomic E-state index is 0.0381. The highest BCUT2D eigenvalue weighted by molar-refractivity contribution is 5.94. The van der Waals surface area contributed by atoms with E-state index in [9.17, 15) is 4.79 Å². The van der Waals surface area contributed by atoms with Crippen LogP contribution >= 0.6 is 0 Å². The summed E-state index contributed by atoms with van der Waals surface area (Å²) in [6.07, 6.45) is 3.47. The quantitative estimate of drug-likeness (QED) is 0.826. The predicted octanol–water partition coefficient (Wildman–Crippen LogP) is 1.93. The molecule has 0 bridgehead atoms. The third kappa shape index (κ3) is 3.22. The summed E-state index contributed by atoms with van der Waals surface area (Å²) in [6, 6.07) is 3.38. The summed E-state index contributed by atoms with van der Waals surface area (Å²) in [5, 5.41) is 0. The number of hydrogen-bond acceptors (Lipinski definition) is 3. The number of nitrogens with two attached hydrogens (primary N) is 1. The summed E-state index contributed by atoms with van der Waals surface area (Å²) >= 11 is 0. The molecular formula is C12H19N3O. The number of amides is 1. The van der Waals surface area contributed by atoms with Gasteiger partial charge in [-0.15, -0.1) is 0 Å². The smallest absolute Gasteiger partial charge is 0.255 e. The molecule has 1 rings (SSSR count). The lowest BCUT2D eigenvalue weighted by Crippen LogP contribution is -2.32. The third-order valence-electron chi connectivity index (χ3n) is 2.31. The number of carbonyl (C=O) groups is 1. The number of anilines is 1. The van der Waals surface area contributed by atoms with Crippen molar-refractivity contribution in [1.29, 1.82) is 0 Å². The van der Waals surface area contributed by atoms with Gasteiger partial charge in [0, 0.05) is 19.3 Å². The van der Waals surface area contributed by atoms with E-state index < -0.39 is 0 Å². The average Bonchev–Trinajstić information content (AvgIpc) is 2.29. The van der Waals surface area contributed by atoms with Crippen LogP contribution in [-0.4, -0.2) is 28.9 Å². The van der Waals surface area contributed by atoms with Crippen molar-refractivity contribution >= 4 is 11.7 Å². The van der Waals surface area contributed by atoms with Gasteiger partial charge in [-0.2, -0.15) is 0 Å². The third-order valence-corrected chi connectivity index (χ3v) is 2.31. The first kappa shape index (κ1) is 12.5. The van der Waals surface area contributed by atoms with Crippen LogP contribution in [0.25, 0.3) is 0 Å². The molecule has 88 valence electrons. The van der Waals surface area contributed by atoms with E-state index in [-0.39, 0.29) is 5.91 Å². The topological polar surface area (TPSA) is 59.2 Å². The number of rotatable bonds is 5. The van der Waals surface area contributed by atoms with E-state index >= 15 is 0 Å². The fourth-order valence-electron chi connectivity index (χ4n) is 1.57. The van der Waals surface area contributed by atoms with Crippen molar-refractivity contribution < 1.29 is 4.79 Å². The first-order chi connectivity index (χ1) is 7.69. The van der Waals surface area contributed by atoms with E-state index in [1.165, 1.54) is 6.20 Å². The molecular weight excluding hydrogens is 202 g/mol. The molecule has 0 aliphatic rings. The minimum Gasteiger partial charge on any atom is -0.384 e. The van der Waals surface area contributed by atoms with E-state index in [0.29, 0.717) is 11.4 Å². The van der Waals surface area contributed by atoms with Crippen molar-refractivity contribution in [2.75, 3.05) is 18.8 Å². The molecule has 0 saturated heterocycles. The molecule has 0 aromatic carbocycles. The zero-order valence-electron chi connectivity index (χ0n) is 9.94. The van der Waals surface area contributed by atoms with Crippen LogP contribution in [-0.2, 0) is 0 Å². The minimum absolute atomic E-state index is 0.0381. The highest BCUT2D eigenvalue weighted by atomic mass is 16.2. The van der Waals surface area contributed by atoms with Gasteiger partial charge in [0.25, 0.3) is 5.91 Å². The highest BCUT2D eigenvalue weighted by Crippen LogP contribution is 2.07. The maximum absolute atomic E-state index is 12.1. The molecule has 0 aliphatic carbocycles. The molecule has 1 amide bonds. The van der Waals surface area contributed by atoms with Crippen molar-refractivity contribution in [2.24, 2.45) is 0 Å². The SMILES string of the molecule is CCCN(CCC)C(=O)c1ccc(N)nc1. The molecule has 2 N–H and O–H groups in total. The second kappa shape index (κ2) is 6.10. The van der Waals surface area contributed by atoms with E-state index in [1.807, 2.05) is 4.90 Å². The summed E-state index contributed by atoms with van der Waals surface area (Å²) in [5.41, 5.74) is 6.09. The van der Waals surface area contributed by atoms with Crippen molar-refractivity contribution in [1.82, 2.24) is 9.88 Å². The van der Waals surface area contributed by atoms with Crippen molar-refractivity contribution in [3.8, 4) is 0 Å². The fourth-order valence-corrected chi connectivity index (χ4v) is 1.57. The lowest BCUT2D eigenvalue weighted by Gasteiger charge is -2.21. The highest BCUT2D eigenvalue weighted by Gasteiger charge is 2.13. The Balaban J connectivity index is 2.77. The van der Waals surface area contributed by atoms with Crippen LogP contribution in [0.1, 0.15) is 37.0 Å². The average molecular weight is 221 g/mol. The summed E-state index contributed by atoms with van der Waals surface area (Å²) in [6.45, 7) is 5.71. The Bertz CT molecular complexity index is 329. The van der Waals surface area contributed by atoms with E-state index in [1.54, 1.807) is 12.1 Å². The van der Waals surface area contributed by atoms with Gasteiger partial charge in [0.1, 0.15) is 5.82 Å². The lowest BCUT2D eigenvalue weighted by atomic mass is 10.2. The number of nitrogen functional groups attached to an aromatic ring is 1. The van der Waals surface area contributed by atoms with Gasteiger partial charge in [0.05, 0.1) is 5.56 Å². The van der Waals surface area contributed by atoms with Gasteiger partial charge in [0.15, 0.2) is 0 Å². The maximum Gasteiger partial charge on any atom is 0.255 e. The first-order valence-electron chi connectivity index (χ1n) is 5.69. The predicted molar refractivity (Wildman–Crippen MR) is 65.1 cm³/mol. The number of nitrogens with zero attached hydrogens (tertiary/aromatic N) is 2. The van der Waals surface area contributed by atoms with Gasteiger partial charge in [-0.3, -0.25) is 4.79 Å². The van der Waals surface area contributed by atoms with Gasteiger partial charge < -0.3 is 10.6 Å². The number of hydrogen-bond donors (Lipinski definition) is 1. The molecule has 16 heavy (non-hydrogen) atoms. The van der Waals surface area contributed by atoms with E-state index in [2.05, 4.69) is 18.8 Å². The fraction of sp³-hybridized carbons (Fsp3) is 0.500. The summed E-state index contributed by atoms with van der Waals surface area (Å²) < 4.78 is 0. The molecule has 4 nitrogen and oxygen atoms in total. The number of carbonyl (C=O) groups excluding carboxylic acids is 1. The summed E-state index contributed by atoms with van der Waals surface area (Å²) in [5.74, 6) is 0.477. The van der Waals surface area contributed by atoms with E-state index in [0.717, 1.165) is 25.9 Å². The van der Waals surface area contributed by atoms with Crippen molar-refractivity contribution in [3.05, 3.63) is 23.9 Å². The van der Waals surface area contributed by atoms with Crippen LogP contribution < -0.4 is 5.73 Å². The van der Waals surface area contributed by atoms with Gasteiger partial charge in [-0.05, 0) is 25.0 Å². The lowest BCUT2D eigenvalue weighted by molar-refractivity contribution is 0.0755. The Morgan fingerprint density at radius 2 is 1.94 bits per heavy atom. The maximum atomic E-state index is 12.1. The van der Waals surface area contributed by atoms with Crippen LogP contribution in [0.3, 0.4) is 0 Å². The van der Waals surface area contributed by atoms with Crippen LogP contribution in [0, 0.1) is 0 Å². The van der Waals surface area contributed by atoms with Gasteiger partial charge in [-0.1, -0.05) is 13.8 Å². The molecule has 0 saturated carbocycles. The standard InChI is InChI=1S/C12H19N3O/c1-3-7-15(8-4-2)12(16)10-5-6-11(13)14-9-10/h5-6,9H,3-4,7-8H2,1-2H3,(H2,13,14). The number of aromatic nitrogens is 1. The largest absolute Gasteiger partial charge is 0.384 e. The molecule has 0 radical (unpaired) electrons. The molecule has 1 aromatic rings. The Morgan fingerprint density at radius 1 is 1.31 bits per heavy atom. The Morgan fingerprint density at radius 3 is 2.38 bits per heavy atom. The molecule has 0 unspecified atom stereocenters. The first-order valence-corrected chi connectivity index (χ1v) is 5.69. The van der Waals surface area contributed by atoms with Crippen molar-refractivity contribution in [2.45, 2.75) is 26.7 Å². The zero-order valence-corrected chi connectivity index (χ0v) is 9.94. The molecule has 0 aliphatic heterocycles. The molecule has 0 spiro atoms. The van der Waals surface area contributed by atoms with Crippen LogP contribution in [0.4, 0.5) is 5.82 Å². The molecule has 0 fully saturated rings. The zero-order chi connectivity index (χ0) is 12.0. The van der Waals surface area contributed by atoms with Crippen LogP contribution in [0.5, 0.6) is 0 Å². The van der Waals surface area contributed by atoms with Gasteiger partial charge in [0.2, 0.25) is 0 Å². The second-order valence-corrected chi connectivity index (χ2v) is 3.76. The molecule has 1 heterocycles. The molecule has 0 atom stereocenters.